The molecule has 1 N–H and O–H groups in total. The molecule has 0 fully saturated rings. The van der Waals surface area contributed by atoms with Crippen LogP contribution < -0.4 is 5.32 Å². The fraction of sp³-hybridized carbons (Fsp3) is 0.231. The summed E-state index contributed by atoms with van der Waals surface area (Å²) in [5.74, 6) is 0.210. The monoisotopic (exact) mass is 538 g/mol. The van der Waals surface area contributed by atoms with E-state index in [9.17, 15) is 9.59 Å². The third kappa shape index (κ3) is 5.77. The summed E-state index contributed by atoms with van der Waals surface area (Å²) in [7, 11) is 1.34. The Hall–Kier alpha value is -3.21. The van der Waals surface area contributed by atoms with Crippen LogP contribution in [0.5, 0.6) is 0 Å². The summed E-state index contributed by atoms with van der Waals surface area (Å²) in [5, 5.41) is 16.6. The molecule has 36 heavy (non-hydrogen) atoms. The van der Waals surface area contributed by atoms with Crippen molar-refractivity contribution in [1.29, 1.82) is 0 Å². The molecule has 4 aromatic rings. The van der Waals surface area contributed by atoms with Gasteiger partial charge in [0.15, 0.2) is 5.16 Å². The predicted molar refractivity (Wildman–Crippen MR) is 147 cm³/mol. The minimum absolute atomic E-state index is 0.117. The van der Waals surface area contributed by atoms with Crippen molar-refractivity contribution in [2.75, 3.05) is 18.2 Å². The van der Waals surface area contributed by atoms with Crippen molar-refractivity contribution in [3.63, 3.8) is 0 Å². The number of amides is 1. The molecule has 0 spiro atoms. The number of hydrogen-bond acceptors (Lipinski definition) is 8. The number of carbonyl (C=O) groups is 2. The van der Waals surface area contributed by atoms with E-state index in [-0.39, 0.29) is 11.7 Å². The van der Waals surface area contributed by atoms with Crippen molar-refractivity contribution in [3.05, 3.63) is 81.1 Å². The van der Waals surface area contributed by atoms with Gasteiger partial charge in [0.2, 0.25) is 5.91 Å². The summed E-state index contributed by atoms with van der Waals surface area (Å²) in [6.07, 6.45) is 2.46. The molecule has 3 aromatic heterocycles. The van der Waals surface area contributed by atoms with E-state index in [0.717, 1.165) is 28.1 Å². The maximum absolute atomic E-state index is 12.9. The molecule has 1 aromatic carbocycles. The zero-order valence-electron chi connectivity index (χ0n) is 20.2. The standard InChI is InChI=1S/C26H26N4O3S3/c1-5-10-30-21(13-18-7-6-11-34-18)28-29-26(30)36-15-22(31)27-24-23(25(32)33-4)20(14-35-24)19-12-16(2)8-9-17(19)3/h5-9,11-12,14H,1,10,13,15H2,2-4H3,(H,27,31). The number of thiophene rings is 2. The SMILES string of the molecule is C=CCn1c(Cc2cccs2)nnc1SCC(=O)Nc1scc(-c2cc(C)ccc2C)c1C(=O)OC. The molecule has 0 saturated heterocycles. The van der Waals surface area contributed by atoms with E-state index in [4.69, 9.17) is 4.74 Å². The van der Waals surface area contributed by atoms with Crippen molar-refractivity contribution >= 4 is 51.3 Å². The average molecular weight is 539 g/mol. The number of hydrogen-bond donors (Lipinski definition) is 1. The zero-order valence-corrected chi connectivity index (χ0v) is 22.7. The summed E-state index contributed by atoms with van der Waals surface area (Å²) in [6, 6.07) is 10.1. The number of allylic oxidation sites excluding steroid dienone is 1. The molecule has 0 radical (unpaired) electrons. The van der Waals surface area contributed by atoms with Gasteiger partial charge in [-0.2, -0.15) is 0 Å². The van der Waals surface area contributed by atoms with Crippen molar-refractivity contribution in [2.24, 2.45) is 0 Å². The van der Waals surface area contributed by atoms with E-state index in [1.807, 2.05) is 53.4 Å². The number of carbonyl (C=O) groups excluding carboxylic acids is 2. The number of aromatic nitrogens is 3. The largest absolute Gasteiger partial charge is 0.465 e. The van der Waals surface area contributed by atoms with Crippen LogP contribution in [0.25, 0.3) is 11.1 Å². The van der Waals surface area contributed by atoms with Crippen LogP contribution in [-0.4, -0.2) is 39.5 Å². The number of benzene rings is 1. The van der Waals surface area contributed by atoms with Gasteiger partial charge in [0.1, 0.15) is 16.4 Å². The van der Waals surface area contributed by atoms with Crippen LogP contribution in [0.1, 0.15) is 32.2 Å². The van der Waals surface area contributed by atoms with E-state index in [0.29, 0.717) is 28.7 Å². The molecule has 4 rings (SSSR count). The molecular formula is C26H26N4O3S3. The first-order valence-electron chi connectivity index (χ1n) is 11.2. The van der Waals surface area contributed by atoms with Gasteiger partial charge in [0, 0.05) is 28.8 Å². The first-order chi connectivity index (χ1) is 17.4. The summed E-state index contributed by atoms with van der Waals surface area (Å²) >= 11 is 4.27. The number of ether oxygens (including phenoxy) is 1. The number of nitrogens with one attached hydrogen (secondary N) is 1. The van der Waals surface area contributed by atoms with Crippen LogP contribution in [0.2, 0.25) is 0 Å². The van der Waals surface area contributed by atoms with Gasteiger partial charge in [0.05, 0.1) is 12.9 Å². The average Bonchev–Trinajstić information content (AvgIpc) is 3.61. The van der Waals surface area contributed by atoms with E-state index in [1.165, 1.54) is 35.1 Å². The quantitative estimate of drug-likeness (QED) is 0.152. The molecule has 186 valence electrons. The second-order valence-corrected chi connectivity index (χ2v) is 10.9. The Morgan fingerprint density at radius 2 is 2.03 bits per heavy atom. The number of esters is 1. The first-order valence-corrected chi connectivity index (χ1v) is 13.9. The summed E-state index contributed by atoms with van der Waals surface area (Å²) < 4.78 is 7.01. The maximum atomic E-state index is 12.9. The topological polar surface area (TPSA) is 86.1 Å². The Balaban J connectivity index is 1.51. The van der Waals surface area contributed by atoms with Gasteiger partial charge in [-0.25, -0.2) is 4.79 Å². The third-order valence-corrected chi connectivity index (χ3v) is 8.21. The lowest BCUT2D eigenvalue weighted by atomic mass is 9.97. The molecular weight excluding hydrogens is 513 g/mol. The first kappa shape index (κ1) is 25.9. The van der Waals surface area contributed by atoms with Crippen LogP contribution in [0.3, 0.4) is 0 Å². The van der Waals surface area contributed by atoms with Gasteiger partial charge in [0.25, 0.3) is 0 Å². The van der Waals surface area contributed by atoms with Crippen molar-refractivity contribution < 1.29 is 14.3 Å². The van der Waals surface area contributed by atoms with E-state index < -0.39 is 5.97 Å². The second kappa shape index (κ2) is 11.7. The highest BCUT2D eigenvalue weighted by molar-refractivity contribution is 7.99. The molecule has 1 amide bonds. The fourth-order valence-corrected chi connectivity index (χ4v) is 6.14. The molecule has 0 atom stereocenters. The van der Waals surface area contributed by atoms with Crippen molar-refractivity contribution in [3.8, 4) is 11.1 Å². The van der Waals surface area contributed by atoms with Crippen LogP contribution >= 0.6 is 34.4 Å². The van der Waals surface area contributed by atoms with E-state index in [2.05, 4.69) is 28.2 Å². The number of aryl methyl sites for hydroxylation is 2. The van der Waals surface area contributed by atoms with Gasteiger partial charge < -0.3 is 14.6 Å². The van der Waals surface area contributed by atoms with Crippen LogP contribution in [0.15, 0.2) is 58.9 Å². The van der Waals surface area contributed by atoms with Crippen molar-refractivity contribution in [2.45, 2.75) is 32.0 Å². The number of nitrogens with zero attached hydrogens (tertiary/aromatic N) is 3. The second-order valence-electron chi connectivity index (χ2n) is 8.05. The predicted octanol–water partition coefficient (Wildman–Crippen LogP) is 5.98. The highest BCUT2D eigenvalue weighted by Gasteiger charge is 2.24. The zero-order chi connectivity index (χ0) is 25.7. The summed E-state index contributed by atoms with van der Waals surface area (Å²) in [6.45, 7) is 8.38. The highest BCUT2D eigenvalue weighted by atomic mass is 32.2. The molecule has 0 saturated carbocycles. The normalized spacial score (nSPS) is 10.9. The van der Waals surface area contributed by atoms with Gasteiger partial charge >= 0.3 is 5.97 Å². The van der Waals surface area contributed by atoms with Crippen LogP contribution in [-0.2, 0) is 22.5 Å². The van der Waals surface area contributed by atoms with E-state index in [1.54, 1.807) is 17.4 Å². The Labute approximate surface area is 222 Å². The van der Waals surface area contributed by atoms with Crippen LogP contribution in [0.4, 0.5) is 5.00 Å². The van der Waals surface area contributed by atoms with Gasteiger partial charge in [-0.05, 0) is 36.4 Å². The lowest BCUT2D eigenvalue weighted by Crippen LogP contribution is -2.16. The number of methoxy groups -OCH3 is 1. The molecule has 0 aliphatic heterocycles. The Morgan fingerprint density at radius 3 is 2.75 bits per heavy atom. The Kier molecular flexibility index (Phi) is 8.40. The lowest BCUT2D eigenvalue weighted by Gasteiger charge is -2.10. The van der Waals surface area contributed by atoms with Gasteiger partial charge in [-0.1, -0.05) is 47.7 Å². The number of rotatable bonds is 10. The number of anilines is 1. The lowest BCUT2D eigenvalue weighted by molar-refractivity contribution is -0.113. The fourth-order valence-electron chi connectivity index (χ4n) is 3.71. The smallest absolute Gasteiger partial charge is 0.341 e. The van der Waals surface area contributed by atoms with Gasteiger partial charge in [-0.3, -0.25) is 4.79 Å². The van der Waals surface area contributed by atoms with Crippen molar-refractivity contribution in [1.82, 2.24) is 14.8 Å². The minimum Gasteiger partial charge on any atom is -0.465 e. The summed E-state index contributed by atoms with van der Waals surface area (Å²) in [5.41, 5.74) is 4.18. The third-order valence-electron chi connectivity index (χ3n) is 5.47. The molecule has 7 nitrogen and oxygen atoms in total. The van der Waals surface area contributed by atoms with Gasteiger partial charge in [-0.15, -0.1) is 39.4 Å². The molecule has 3 heterocycles. The summed E-state index contributed by atoms with van der Waals surface area (Å²) in [4.78, 5) is 26.8. The number of thioether (sulfide) groups is 1. The Morgan fingerprint density at radius 1 is 1.19 bits per heavy atom. The highest BCUT2D eigenvalue weighted by Crippen LogP contribution is 2.38. The molecule has 0 unspecified atom stereocenters. The molecule has 10 heteroatoms. The van der Waals surface area contributed by atoms with E-state index >= 15 is 0 Å². The molecule has 0 aliphatic carbocycles. The maximum Gasteiger partial charge on any atom is 0.341 e. The molecule has 0 bridgehead atoms. The van der Waals surface area contributed by atoms with Crippen LogP contribution in [0, 0.1) is 13.8 Å². The minimum atomic E-state index is -0.487. The Bertz CT molecular complexity index is 1390. The molecule has 0 aliphatic rings.